The van der Waals surface area contributed by atoms with Crippen LogP contribution in [0.15, 0.2) is 18.3 Å². The molecule has 2 fully saturated rings. The summed E-state index contributed by atoms with van der Waals surface area (Å²) in [5.41, 5.74) is 1.05. The van der Waals surface area contributed by atoms with Crippen molar-refractivity contribution in [3.05, 3.63) is 18.3 Å². The molecule has 0 bridgehead atoms. The molecule has 0 aromatic carbocycles. The number of amides is 1. The number of halogens is 2. The van der Waals surface area contributed by atoms with E-state index in [9.17, 15) is 4.79 Å². The molecule has 24 heavy (non-hydrogen) atoms. The van der Waals surface area contributed by atoms with Gasteiger partial charge in [0, 0.05) is 19.6 Å². The number of nitrogens with zero attached hydrogens (tertiary/aromatic N) is 2. The van der Waals surface area contributed by atoms with Gasteiger partial charge in [-0.25, -0.2) is 4.98 Å². The van der Waals surface area contributed by atoms with Crippen molar-refractivity contribution in [2.75, 3.05) is 49.7 Å². The van der Waals surface area contributed by atoms with Crippen LogP contribution in [0.4, 0.5) is 11.5 Å². The summed E-state index contributed by atoms with van der Waals surface area (Å²) in [4.78, 5) is 18.8. The quantitative estimate of drug-likeness (QED) is 0.819. The molecule has 0 aliphatic carbocycles. The molecule has 2 atom stereocenters. The van der Waals surface area contributed by atoms with Crippen LogP contribution in [0.5, 0.6) is 0 Å². The largest absolute Gasteiger partial charge is 0.378 e. The molecule has 0 saturated carbocycles. The van der Waals surface area contributed by atoms with Crippen LogP contribution in [0.3, 0.4) is 0 Å². The van der Waals surface area contributed by atoms with Crippen molar-refractivity contribution in [2.45, 2.75) is 19.1 Å². The first-order valence-corrected chi connectivity index (χ1v) is 7.68. The standard InChI is InChI=1S/C15H22N4O3.2ClH/c1-11-14(16-4-7-22-11)15(20)18-13-3-2-12(10-17-13)19-5-8-21-9-6-19;;/h2-3,10-11,14,16H,4-9H2,1H3,(H,17,18,20);2*1H/t11-,14+;;/m1../s1. The maximum atomic E-state index is 12.2. The van der Waals surface area contributed by atoms with E-state index in [0.717, 1.165) is 32.0 Å². The van der Waals surface area contributed by atoms with Gasteiger partial charge in [0.25, 0.3) is 0 Å². The molecular weight excluding hydrogens is 355 g/mol. The van der Waals surface area contributed by atoms with Gasteiger partial charge in [0.15, 0.2) is 0 Å². The minimum Gasteiger partial charge on any atom is -0.378 e. The van der Waals surface area contributed by atoms with E-state index in [1.165, 1.54) is 0 Å². The molecule has 0 radical (unpaired) electrons. The Morgan fingerprint density at radius 2 is 2.04 bits per heavy atom. The summed E-state index contributed by atoms with van der Waals surface area (Å²) in [7, 11) is 0. The number of anilines is 2. The van der Waals surface area contributed by atoms with Gasteiger partial charge in [-0.1, -0.05) is 0 Å². The first-order chi connectivity index (χ1) is 10.7. The molecule has 9 heteroatoms. The Kier molecular flexibility index (Phi) is 8.72. The second kappa shape index (κ2) is 10.0. The lowest BCUT2D eigenvalue weighted by Crippen LogP contribution is -2.53. The molecular formula is C15H24Cl2N4O3. The van der Waals surface area contributed by atoms with E-state index in [0.29, 0.717) is 19.0 Å². The summed E-state index contributed by atoms with van der Waals surface area (Å²) in [5.74, 6) is 0.445. The third-order valence-corrected chi connectivity index (χ3v) is 3.97. The third kappa shape index (κ3) is 5.19. The highest BCUT2D eigenvalue weighted by Gasteiger charge is 2.28. The summed E-state index contributed by atoms with van der Waals surface area (Å²) in [6.07, 6.45) is 1.65. The normalized spacial score (nSPS) is 23.6. The highest BCUT2D eigenvalue weighted by atomic mass is 35.5. The van der Waals surface area contributed by atoms with Gasteiger partial charge in [-0.2, -0.15) is 0 Å². The Labute approximate surface area is 154 Å². The summed E-state index contributed by atoms with van der Waals surface area (Å²) >= 11 is 0. The number of nitrogens with one attached hydrogen (secondary N) is 2. The number of carbonyl (C=O) groups is 1. The van der Waals surface area contributed by atoms with E-state index in [-0.39, 0.29) is 42.9 Å². The first-order valence-electron chi connectivity index (χ1n) is 7.68. The Morgan fingerprint density at radius 1 is 1.29 bits per heavy atom. The van der Waals surface area contributed by atoms with Crippen LogP contribution in [-0.4, -0.2) is 62.5 Å². The van der Waals surface area contributed by atoms with Crippen molar-refractivity contribution >= 4 is 42.2 Å². The van der Waals surface area contributed by atoms with E-state index in [1.807, 2.05) is 19.1 Å². The fourth-order valence-corrected chi connectivity index (χ4v) is 2.70. The molecule has 1 amide bonds. The fourth-order valence-electron chi connectivity index (χ4n) is 2.70. The van der Waals surface area contributed by atoms with Crippen LogP contribution in [0.1, 0.15) is 6.92 Å². The van der Waals surface area contributed by atoms with Crippen LogP contribution < -0.4 is 15.5 Å². The maximum Gasteiger partial charge on any atom is 0.245 e. The molecule has 2 aliphatic rings. The number of aromatic nitrogens is 1. The van der Waals surface area contributed by atoms with E-state index in [2.05, 4.69) is 20.5 Å². The Hall–Kier alpha value is -1.12. The summed E-state index contributed by atoms with van der Waals surface area (Å²) < 4.78 is 10.8. The van der Waals surface area contributed by atoms with Gasteiger partial charge in [0.1, 0.15) is 11.9 Å². The SMILES string of the molecule is C[C@H]1OCCN[C@@H]1C(=O)Nc1ccc(N2CCOCC2)cn1.Cl.Cl. The zero-order chi connectivity index (χ0) is 15.4. The molecule has 7 nitrogen and oxygen atoms in total. The first kappa shape index (κ1) is 20.9. The van der Waals surface area contributed by atoms with Crippen LogP contribution in [-0.2, 0) is 14.3 Å². The molecule has 3 heterocycles. The fraction of sp³-hybridized carbons (Fsp3) is 0.600. The van der Waals surface area contributed by atoms with Gasteiger partial charge in [0.2, 0.25) is 5.91 Å². The van der Waals surface area contributed by atoms with Gasteiger partial charge >= 0.3 is 0 Å². The second-order valence-electron chi connectivity index (χ2n) is 5.50. The molecule has 136 valence electrons. The van der Waals surface area contributed by atoms with Crippen LogP contribution in [0.25, 0.3) is 0 Å². The molecule has 2 N–H and O–H groups in total. The van der Waals surface area contributed by atoms with Gasteiger partial charge < -0.3 is 25.0 Å². The smallest absolute Gasteiger partial charge is 0.245 e. The van der Waals surface area contributed by atoms with Crippen molar-refractivity contribution in [1.82, 2.24) is 10.3 Å². The predicted molar refractivity (Wildman–Crippen MR) is 97.6 cm³/mol. The highest BCUT2D eigenvalue weighted by Crippen LogP contribution is 2.17. The van der Waals surface area contributed by atoms with E-state index >= 15 is 0 Å². The van der Waals surface area contributed by atoms with E-state index in [4.69, 9.17) is 9.47 Å². The minimum absolute atomic E-state index is 0. The maximum absolute atomic E-state index is 12.2. The molecule has 2 aliphatic heterocycles. The number of hydrogen-bond donors (Lipinski definition) is 2. The van der Waals surface area contributed by atoms with Gasteiger partial charge in [0.05, 0.1) is 37.8 Å². The van der Waals surface area contributed by atoms with Crippen molar-refractivity contribution in [1.29, 1.82) is 0 Å². The Balaban J connectivity index is 0.00000144. The molecule has 0 unspecified atom stereocenters. The summed E-state index contributed by atoms with van der Waals surface area (Å²) in [5, 5.41) is 6.00. The van der Waals surface area contributed by atoms with Gasteiger partial charge in [-0.05, 0) is 19.1 Å². The Morgan fingerprint density at radius 3 is 2.67 bits per heavy atom. The topological polar surface area (TPSA) is 75.7 Å². The number of morpholine rings is 2. The number of pyridine rings is 1. The average Bonchev–Trinajstić information content (AvgIpc) is 2.57. The zero-order valence-corrected chi connectivity index (χ0v) is 15.2. The molecule has 1 aromatic heterocycles. The average molecular weight is 379 g/mol. The number of carbonyl (C=O) groups excluding carboxylic acids is 1. The van der Waals surface area contributed by atoms with Gasteiger partial charge in [-0.15, -0.1) is 24.8 Å². The van der Waals surface area contributed by atoms with Crippen molar-refractivity contribution < 1.29 is 14.3 Å². The summed E-state index contributed by atoms with van der Waals surface area (Å²) in [6, 6.07) is 3.47. The number of rotatable bonds is 3. The van der Waals surface area contributed by atoms with E-state index < -0.39 is 0 Å². The number of ether oxygens (including phenoxy) is 2. The van der Waals surface area contributed by atoms with Crippen LogP contribution in [0.2, 0.25) is 0 Å². The molecule has 2 saturated heterocycles. The van der Waals surface area contributed by atoms with Crippen molar-refractivity contribution in [3.8, 4) is 0 Å². The lowest BCUT2D eigenvalue weighted by Gasteiger charge is -2.29. The second-order valence-corrected chi connectivity index (χ2v) is 5.50. The van der Waals surface area contributed by atoms with Crippen molar-refractivity contribution in [3.63, 3.8) is 0 Å². The summed E-state index contributed by atoms with van der Waals surface area (Å²) in [6.45, 7) is 6.44. The third-order valence-electron chi connectivity index (χ3n) is 3.97. The minimum atomic E-state index is -0.338. The zero-order valence-electron chi connectivity index (χ0n) is 13.6. The Bertz CT molecular complexity index is 512. The van der Waals surface area contributed by atoms with Crippen LogP contribution in [0, 0.1) is 0 Å². The predicted octanol–water partition coefficient (Wildman–Crippen LogP) is 1.08. The van der Waals surface area contributed by atoms with E-state index in [1.54, 1.807) is 6.20 Å². The monoisotopic (exact) mass is 378 g/mol. The van der Waals surface area contributed by atoms with Crippen molar-refractivity contribution in [2.24, 2.45) is 0 Å². The van der Waals surface area contributed by atoms with Crippen LogP contribution >= 0.6 is 24.8 Å². The number of hydrogen-bond acceptors (Lipinski definition) is 6. The molecule has 0 spiro atoms. The lowest BCUT2D eigenvalue weighted by atomic mass is 10.1. The van der Waals surface area contributed by atoms with Gasteiger partial charge in [-0.3, -0.25) is 4.79 Å². The lowest BCUT2D eigenvalue weighted by molar-refractivity contribution is -0.123. The molecule has 3 rings (SSSR count). The molecule has 1 aromatic rings. The highest BCUT2D eigenvalue weighted by molar-refractivity contribution is 5.94.